The van der Waals surface area contributed by atoms with Gasteiger partial charge in [0.05, 0.1) is 10.9 Å². The van der Waals surface area contributed by atoms with Gasteiger partial charge in [0.1, 0.15) is 5.58 Å². The molecule has 82 valence electrons. The molecular formula is C14H8BrNO. The average molecular weight is 286 g/mol. The topological polar surface area (TPSA) is 28.9 Å². The Kier molecular flexibility index (Phi) is 1.72. The predicted octanol–water partition coefficient (Wildman–Crippen LogP) is 4.83. The summed E-state index contributed by atoms with van der Waals surface area (Å²) in [5.41, 5.74) is 2.86. The third kappa shape index (κ3) is 1.15. The molecule has 4 aromatic rings. The van der Waals surface area contributed by atoms with Gasteiger partial charge in [-0.3, -0.25) is 0 Å². The maximum Gasteiger partial charge on any atom is 0.206 e. The van der Waals surface area contributed by atoms with E-state index in [9.17, 15) is 0 Å². The van der Waals surface area contributed by atoms with Crippen molar-refractivity contribution in [2.24, 2.45) is 0 Å². The number of aromatic nitrogens is 1. The Morgan fingerprint density at radius 1 is 0.941 bits per heavy atom. The number of aromatic amines is 1. The first-order chi connectivity index (χ1) is 8.34. The smallest absolute Gasteiger partial charge is 0.206 e. The van der Waals surface area contributed by atoms with Crippen molar-refractivity contribution in [1.82, 2.24) is 4.98 Å². The van der Waals surface area contributed by atoms with E-state index in [0.29, 0.717) is 0 Å². The summed E-state index contributed by atoms with van der Waals surface area (Å²) in [6, 6.07) is 14.3. The molecule has 0 atom stereocenters. The van der Waals surface area contributed by atoms with Gasteiger partial charge in [-0.25, -0.2) is 0 Å². The van der Waals surface area contributed by atoms with Gasteiger partial charge in [-0.2, -0.15) is 0 Å². The summed E-state index contributed by atoms with van der Waals surface area (Å²) in [4.78, 5) is 3.32. The van der Waals surface area contributed by atoms with Gasteiger partial charge < -0.3 is 9.40 Å². The van der Waals surface area contributed by atoms with Crippen molar-refractivity contribution >= 4 is 48.9 Å². The Labute approximate surface area is 105 Å². The van der Waals surface area contributed by atoms with Gasteiger partial charge in [0, 0.05) is 15.2 Å². The van der Waals surface area contributed by atoms with E-state index in [-0.39, 0.29) is 0 Å². The molecule has 2 nitrogen and oxygen atoms in total. The second kappa shape index (κ2) is 3.14. The van der Waals surface area contributed by atoms with Crippen LogP contribution in [0.25, 0.3) is 33.0 Å². The van der Waals surface area contributed by atoms with Crippen LogP contribution in [0.4, 0.5) is 0 Å². The summed E-state index contributed by atoms with van der Waals surface area (Å²) >= 11 is 3.55. The zero-order chi connectivity index (χ0) is 11.4. The summed E-state index contributed by atoms with van der Waals surface area (Å²) in [5.74, 6) is 0. The number of nitrogens with one attached hydrogen (secondary N) is 1. The van der Waals surface area contributed by atoms with Gasteiger partial charge in [0.25, 0.3) is 0 Å². The highest BCUT2D eigenvalue weighted by Crippen LogP contribution is 2.36. The lowest BCUT2D eigenvalue weighted by atomic mass is 10.1. The Morgan fingerprint density at radius 3 is 2.71 bits per heavy atom. The van der Waals surface area contributed by atoms with E-state index < -0.39 is 0 Å². The summed E-state index contributed by atoms with van der Waals surface area (Å²) in [6.07, 6.45) is 0. The standard InChI is InChI=1S/C14H8BrNO/c15-10-6-3-5-9-12-8-4-1-2-7-11(8)17-14(12)16-13(9)10/h1-7,16H. The first-order valence-corrected chi connectivity index (χ1v) is 6.21. The third-order valence-corrected chi connectivity index (χ3v) is 3.78. The minimum Gasteiger partial charge on any atom is -0.440 e. The monoisotopic (exact) mass is 285 g/mol. The number of hydrogen-bond donors (Lipinski definition) is 1. The summed E-state index contributed by atoms with van der Waals surface area (Å²) in [6.45, 7) is 0. The number of furan rings is 1. The summed E-state index contributed by atoms with van der Waals surface area (Å²) in [7, 11) is 0. The van der Waals surface area contributed by atoms with Crippen LogP contribution in [0, 0.1) is 0 Å². The number of hydrogen-bond acceptors (Lipinski definition) is 1. The zero-order valence-corrected chi connectivity index (χ0v) is 10.4. The van der Waals surface area contributed by atoms with Crippen LogP contribution >= 0.6 is 15.9 Å². The molecule has 0 unspecified atom stereocenters. The van der Waals surface area contributed by atoms with Gasteiger partial charge >= 0.3 is 0 Å². The van der Waals surface area contributed by atoms with Gasteiger partial charge in [-0.15, -0.1) is 0 Å². The molecule has 0 amide bonds. The maximum absolute atomic E-state index is 5.82. The lowest BCUT2D eigenvalue weighted by Crippen LogP contribution is -1.70. The second-order valence-corrected chi connectivity index (χ2v) is 4.94. The van der Waals surface area contributed by atoms with Crippen molar-refractivity contribution < 1.29 is 4.42 Å². The first-order valence-electron chi connectivity index (χ1n) is 5.42. The number of benzene rings is 2. The van der Waals surface area contributed by atoms with E-state index in [1.54, 1.807) is 0 Å². The molecule has 0 saturated heterocycles. The van der Waals surface area contributed by atoms with E-state index in [1.165, 1.54) is 5.39 Å². The lowest BCUT2D eigenvalue weighted by Gasteiger charge is -1.93. The molecule has 0 aliphatic carbocycles. The fourth-order valence-electron chi connectivity index (χ4n) is 2.37. The van der Waals surface area contributed by atoms with Gasteiger partial charge in [-0.05, 0) is 28.1 Å². The van der Waals surface area contributed by atoms with Crippen LogP contribution in [-0.4, -0.2) is 4.98 Å². The van der Waals surface area contributed by atoms with Crippen molar-refractivity contribution in [3.63, 3.8) is 0 Å². The van der Waals surface area contributed by atoms with Crippen molar-refractivity contribution in [3.05, 3.63) is 46.9 Å². The molecule has 0 aliphatic rings. The van der Waals surface area contributed by atoms with Gasteiger partial charge in [0.15, 0.2) is 0 Å². The van der Waals surface area contributed by atoms with Gasteiger partial charge in [-0.1, -0.05) is 30.3 Å². The fourth-order valence-corrected chi connectivity index (χ4v) is 2.84. The Hall–Kier alpha value is -1.74. The molecule has 0 saturated carbocycles. The van der Waals surface area contributed by atoms with E-state index in [0.717, 1.165) is 32.1 Å². The molecule has 0 spiro atoms. The molecule has 0 aliphatic heterocycles. The first kappa shape index (κ1) is 9.31. The van der Waals surface area contributed by atoms with Gasteiger partial charge in [0.2, 0.25) is 5.71 Å². The number of halogens is 1. The highest BCUT2D eigenvalue weighted by atomic mass is 79.9. The minimum atomic E-state index is 0.841. The minimum absolute atomic E-state index is 0.841. The number of fused-ring (bicyclic) bond motifs is 5. The van der Waals surface area contributed by atoms with Crippen molar-refractivity contribution in [2.75, 3.05) is 0 Å². The normalized spacial score (nSPS) is 11.8. The maximum atomic E-state index is 5.82. The molecule has 0 bridgehead atoms. The number of rotatable bonds is 0. The van der Waals surface area contributed by atoms with E-state index in [2.05, 4.69) is 33.0 Å². The Bertz CT molecular complexity index is 856. The van der Waals surface area contributed by atoms with E-state index in [1.807, 2.05) is 30.3 Å². The largest absolute Gasteiger partial charge is 0.440 e. The fraction of sp³-hybridized carbons (Fsp3) is 0. The molecule has 3 heteroatoms. The van der Waals surface area contributed by atoms with Crippen LogP contribution in [0.2, 0.25) is 0 Å². The molecule has 17 heavy (non-hydrogen) atoms. The van der Waals surface area contributed by atoms with Crippen molar-refractivity contribution in [1.29, 1.82) is 0 Å². The van der Waals surface area contributed by atoms with E-state index in [4.69, 9.17) is 4.42 Å². The zero-order valence-electron chi connectivity index (χ0n) is 8.83. The molecule has 0 radical (unpaired) electrons. The number of H-pyrrole nitrogens is 1. The van der Waals surface area contributed by atoms with Crippen LogP contribution < -0.4 is 0 Å². The van der Waals surface area contributed by atoms with E-state index >= 15 is 0 Å². The summed E-state index contributed by atoms with van der Waals surface area (Å²) in [5, 5.41) is 3.52. The highest BCUT2D eigenvalue weighted by molar-refractivity contribution is 9.10. The molecule has 4 rings (SSSR count). The van der Waals surface area contributed by atoms with Crippen molar-refractivity contribution in [2.45, 2.75) is 0 Å². The number of para-hydroxylation sites is 2. The third-order valence-electron chi connectivity index (χ3n) is 3.12. The molecule has 1 N–H and O–H groups in total. The van der Waals surface area contributed by atoms with Crippen LogP contribution in [0.15, 0.2) is 51.4 Å². The predicted molar refractivity (Wildman–Crippen MR) is 73.3 cm³/mol. The van der Waals surface area contributed by atoms with Crippen LogP contribution in [0.5, 0.6) is 0 Å². The Balaban J connectivity index is 2.36. The SMILES string of the molecule is Brc1cccc2c1[nH]c1oc3ccccc3c12. The Morgan fingerprint density at radius 2 is 1.76 bits per heavy atom. The second-order valence-electron chi connectivity index (χ2n) is 4.09. The van der Waals surface area contributed by atoms with Crippen molar-refractivity contribution in [3.8, 4) is 0 Å². The molecular weight excluding hydrogens is 278 g/mol. The molecule has 0 fully saturated rings. The van der Waals surface area contributed by atoms with Crippen LogP contribution in [0.3, 0.4) is 0 Å². The molecule has 2 aromatic carbocycles. The molecule has 2 aromatic heterocycles. The lowest BCUT2D eigenvalue weighted by molar-refractivity contribution is 0.657. The molecule has 2 heterocycles. The summed E-state index contributed by atoms with van der Waals surface area (Å²) < 4.78 is 6.88. The average Bonchev–Trinajstić information content (AvgIpc) is 2.85. The highest BCUT2D eigenvalue weighted by Gasteiger charge is 2.13. The van der Waals surface area contributed by atoms with Crippen LogP contribution in [-0.2, 0) is 0 Å². The quantitative estimate of drug-likeness (QED) is 0.493. The van der Waals surface area contributed by atoms with Crippen LogP contribution in [0.1, 0.15) is 0 Å².